The number of nitrogens with one attached hydrogen (secondary N) is 1. The average molecular weight is 239 g/mol. The third-order valence-electron chi connectivity index (χ3n) is 3.02. The highest BCUT2D eigenvalue weighted by Gasteiger charge is 2.36. The van der Waals surface area contributed by atoms with Gasteiger partial charge in [0.15, 0.2) is 0 Å². The molecule has 16 heavy (non-hydrogen) atoms. The topological polar surface area (TPSA) is 38.3 Å². The zero-order valence-corrected chi connectivity index (χ0v) is 10.5. The summed E-state index contributed by atoms with van der Waals surface area (Å²) in [5.41, 5.74) is 2.57. The Hall–Kier alpha value is -0.870. The van der Waals surface area contributed by atoms with Gasteiger partial charge in [0, 0.05) is 6.54 Å². The van der Waals surface area contributed by atoms with Crippen LogP contribution in [0.25, 0.3) is 0 Å². The highest BCUT2D eigenvalue weighted by molar-refractivity contribution is 7.08. The van der Waals surface area contributed by atoms with Crippen LogP contribution in [0.2, 0.25) is 0 Å². The van der Waals surface area contributed by atoms with Crippen molar-refractivity contribution in [2.24, 2.45) is 5.92 Å². The molecule has 3 nitrogen and oxygen atoms in total. The van der Waals surface area contributed by atoms with Gasteiger partial charge in [0.05, 0.1) is 7.11 Å². The predicted octanol–water partition coefficient (Wildman–Crippen LogP) is 2.10. The van der Waals surface area contributed by atoms with E-state index in [-0.39, 0.29) is 12.0 Å². The molecule has 0 aliphatic heterocycles. The van der Waals surface area contributed by atoms with E-state index < -0.39 is 0 Å². The monoisotopic (exact) mass is 239 g/mol. The molecule has 1 fully saturated rings. The first-order valence-corrected chi connectivity index (χ1v) is 6.49. The summed E-state index contributed by atoms with van der Waals surface area (Å²) in [6, 6.07) is -0.121. The minimum Gasteiger partial charge on any atom is -0.468 e. The molecule has 0 aromatic carbocycles. The number of esters is 1. The first-order chi connectivity index (χ1) is 7.72. The maximum absolute atomic E-state index is 11.6. The van der Waals surface area contributed by atoms with E-state index in [9.17, 15) is 4.79 Å². The summed E-state index contributed by atoms with van der Waals surface area (Å²) >= 11 is 1.70. The molecule has 1 atom stereocenters. The first kappa shape index (κ1) is 11.6. The van der Waals surface area contributed by atoms with Crippen molar-refractivity contribution in [2.75, 3.05) is 7.11 Å². The number of hydrogen-bond donors (Lipinski definition) is 1. The average Bonchev–Trinajstić information content (AvgIpc) is 3.03. The normalized spacial score (nSPS) is 17.1. The number of hydrogen-bond acceptors (Lipinski definition) is 4. The van der Waals surface area contributed by atoms with E-state index in [1.807, 2.05) is 0 Å². The Morgan fingerprint density at radius 3 is 2.88 bits per heavy atom. The van der Waals surface area contributed by atoms with Gasteiger partial charge < -0.3 is 10.1 Å². The second-order valence-electron chi connectivity index (χ2n) is 4.30. The number of thiophene rings is 1. The smallest absolute Gasteiger partial charge is 0.323 e. The molecule has 1 aromatic heterocycles. The van der Waals surface area contributed by atoms with Crippen molar-refractivity contribution in [3.05, 3.63) is 21.9 Å². The van der Waals surface area contributed by atoms with Gasteiger partial charge in [-0.25, -0.2) is 0 Å². The second-order valence-corrected chi connectivity index (χ2v) is 5.04. The minimum atomic E-state index is -0.129. The number of carbonyl (C=O) groups excluding carboxylic acids is 1. The number of ether oxygens (including phenoxy) is 1. The Labute approximate surface area is 99.8 Å². The quantitative estimate of drug-likeness (QED) is 0.800. The van der Waals surface area contributed by atoms with Gasteiger partial charge >= 0.3 is 5.97 Å². The van der Waals surface area contributed by atoms with Gasteiger partial charge in [0.2, 0.25) is 0 Å². The molecule has 4 heteroatoms. The Morgan fingerprint density at radius 2 is 2.38 bits per heavy atom. The van der Waals surface area contributed by atoms with Crippen LogP contribution in [0.3, 0.4) is 0 Å². The van der Waals surface area contributed by atoms with Gasteiger partial charge in [-0.05, 0) is 47.6 Å². The van der Waals surface area contributed by atoms with Crippen LogP contribution < -0.4 is 5.32 Å². The first-order valence-electron chi connectivity index (χ1n) is 5.55. The Morgan fingerprint density at radius 1 is 1.62 bits per heavy atom. The van der Waals surface area contributed by atoms with Crippen molar-refractivity contribution in [1.29, 1.82) is 0 Å². The molecular formula is C12H17NO2S. The van der Waals surface area contributed by atoms with Gasteiger partial charge in [-0.1, -0.05) is 0 Å². The fourth-order valence-corrected chi connectivity index (χ4v) is 2.64. The molecule has 1 N–H and O–H groups in total. The fourth-order valence-electron chi connectivity index (χ4n) is 1.79. The third kappa shape index (κ3) is 2.62. The predicted molar refractivity (Wildman–Crippen MR) is 64.4 cm³/mol. The maximum atomic E-state index is 11.6. The summed E-state index contributed by atoms with van der Waals surface area (Å²) < 4.78 is 4.81. The second kappa shape index (κ2) is 4.97. The highest BCUT2D eigenvalue weighted by atomic mass is 32.1. The fraction of sp³-hybridized carbons (Fsp3) is 0.583. The van der Waals surface area contributed by atoms with E-state index in [1.54, 1.807) is 11.3 Å². The lowest BCUT2D eigenvalue weighted by atomic mass is 10.1. The van der Waals surface area contributed by atoms with Gasteiger partial charge in [-0.15, -0.1) is 0 Å². The van der Waals surface area contributed by atoms with Crippen molar-refractivity contribution in [1.82, 2.24) is 5.32 Å². The summed E-state index contributed by atoms with van der Waals surface area (Å²) in [4.78, 5) is 11.6. The zero-order chi connectivity index (χ0) is 11.5. The summed E-state index contributed by atoms with van der Waals surface area (Å²) in [7, 11) is 1.45. The van der Waals surface area contributed by atoms with Crippen molar-refractivity contribution >= 4 is 17.3 Å². The molecular weight excluding hydrogens is 222 g/mol. The maximum Gasteiger partial charge on any atom is 0.323 e. The molecule has 1 heterocycles. The van der Waals surface area contributed by atoms with Gasteiger partial charge in [0.1, 0.15) is 6.04 Å². The lowest BCUT2D eigenvalue weighted by Crippen LogP contribution is -2.39. The van der Waals surface area contributed by atoms with Crippen LogP contribution in [0.5, 0.6) is 0 Å². The molecule has 2 rings (SSSR count). The van der Waals surface area contributed by atoms with Crippen LogP contribution in [-0.2, 0) is 16.1 Å². The molecule has 0 spiro atoms. The zero-order valence-electron chi connectivity index (χ0n) is 9.66. The number of carbonyl (C=O) groups is 1. The van der Waals surface area contributed by atoms with Crippen molar-refractivity contribution < 1.29 is 9.53 Å². The van der Waals surface area contributed by atoms with Gasteiger partial charge in [0.25, 0.3) is 0 Å². The van der Waals surface area contributed by atoms with E-state index in [0.717, 1.165) is 19.4 Å². The van der Waals surface area contributed by atoms with Crippen molar-refractivity contribution in [2.45, 2.75) is 32.4 Å². The van der Waals surface area contributed by atoms with E-state index >= 15 is 0 Å². The van der Waals surface area contributed by atoms with E-state index in [4.69, 9.17) is 4.74 Å². The molecule has 1 aliphatic carbocycles. The van der Waals surface area contributed by atoms with Crippen LogP contribution in [0.4, 0.5) is 0 Å². The standard InChI is InChI=1S/C12H17NO2S/c1-8-6-16-7-10(8)5-13-11(9-3-4-9)12(14)15-2/h6-7,9,11,13H,3-5H2,1-2H3. The number of aryl methyl sites for hydroxylation is 1. The molecule has 0 bridgehead atoms. The van der Waals surface area contributed by atoms with E-state index in [0.29, 0.717) is 5.92 Å². The summed E-state index contributed by atoms with van der Waals surface area (Å²) in [5.74, 6) is 0.349. The largest absolute Gasteiger partial charge is 0.468 e. The molecule has 1 aliphatic rings. The molecule has 0 radical (unpaired) electrons. The Kier molecular flexibility index (Phi) is 3.61. The SMILES string of the molecule is COC(=O)C(NCc1cscc1C)C1CC1. The van der Waals surface area contributed by atoms with Crippen LogP contribution in [0.15, 0.2) is 10.8 Å². The van der Waals surface area contributed by atoms with Crippen LogP contribution in [0, 0.1) is 12.8 Å². The molecule has 1 aromatic rings. The van der Waals surface area contributed by atoms with E-state index in [1.165, 1.54) is 18.2 Å². The van der Waals surface area contributed by atoms with Crippen LogP contribution in [-0.4, -0.2) is 19.1 Å². The van der Waals surface area contributed by atoms with Crippen molar-refractivity contribution in [3.8, 4) is 0 Å². The van der Waals surface area contributed by atoms with E-state index in [2.05, 4.69) is 23.0 Å². The summed E-state index contributed by atoms with van der Waals surface area (Å²) in [6.45, 7) is 2.85. The number of rotatable bonds is 5. The number of methoxy groups -OCH3 is 1. The highest BCUT2D eigenvalue weighted by Crippen LogP contribution is 2.33. The Bertz CT molecular complexity index is 371. The summed E-state index contributed by atoms with van der Waals surface area (Å²) in [5, 5.41) is 7.56. The van der Waals surface area contributed by atoms with Crippen molar-refractivity contribution in [3.63, 3.8) is 0 Å². The van der Waals surface area contributed by atoms with Crippen LogP contribution >= 0.6 is 11.3 Å². The molecule has 0 amide bonds. The summed E-state index contributed by atoms with van der Waals surface area (Å²) in [6.07, 6.45) is 2.27. The van der Waals surface area contributed by atoms with Crippen LogP contribution in [0.1, 0.15) is 24.0 Å². The Balaban J connectivity index is 1.91. The lowest BCUT2D eigenvalue weighted by molar-refractivity contribution is -0.143. The minimum absolute atomic E-state index is 0.121. The molecule has 0 saturated heterocycles. The molecule has 88 valence electrons. The molecule has 1 unspecified atom stereocenters. The van der Waals surface area contributed by atoms with Gasteiger partial charge in [-0.2, -0.15) is 11.3 Å². The lowest BCUT2D eigenvalue weighted by Gasteiger charge is -2.15. The van der Waals surface area contributed by atoms with Gasteiger partial charge in [-0.3, -0.25) is 4.79 Å². The molecule has 1 saturated carbocycles. The third-order valence-corrected chi connectivity index (χ3v) is 3.93.